The summed E-state index contributed by atoms with van der Waals surface area (Å²) < 4.78 is 5.26. The number of likely N-dealkylation sites (tertiary alicyclic amines) is 2. The number of hydrogen-bond acceptors (Lipinski definition) is 4. The average molecular weight is 299 g/mol. The molecule has 3 rings (SSSR count). The lowest BCUT2D eigenvalue weighted by Crippen LogP contribution is -2.49. The maximum absolute atomic E-state index is 8.99. The number of nitriles is 1. The number of fused-ring (bicyclic) bond motifs is 1. The second kappa shape index (κ2) is 6.78. The van der Waals surface area contributed by atoms with E-state index in [1.807, 2.05) is 0 Å². The molecule has 0 radical (unpaired) electrons. The third kappa shape index (κ3) is 2.89. The third-order valence-corrected chi connectivity index (χ3v) is 5.37. The van der Waals surface area contributed by atoms with Gasteiger partial charge in [-0.15, -0.1) is 0 Å². The minimum atomic E-state index is 0.251. The van der Waals surface area contributed by atoms with Gasteiger partial charge in [-0.2, -0.15) is 5.26 Å². The minimum absolute atomic E-state index is 0.251. The SMILES string of the molecule is COCCN1C[C@H]2CN(CC#N)CC[C@]2(c2ccccc2)C1. The van der Waals surface area contributed by atoms with Gasteiger partial charge in [0, 0.05) is 45.2 Å². The van der Waals surface area contributed by atoms with E-state index in [4.69, 9.17) is 10.00 Å². The van der Waals surface area contributed by atoms with Gasteiger partial charge in [-0.25, -0.2) is 0 Å². The molecular formula is C18H25N3O. The summed E-state index contributed by atoms with van der Waals surface area (Å²) >= 11 is 0. The Kier molecular flexibility index (Phi) is 4.77. The highest BCUT2D eigenvalue weighted by molar-refractivity contribution is 5.30. The first kappa shape index (κ1) is 15.5. The fraction of sp³-hybridized carbons (Fsp3) is 0.611. The standard InChI is InChI=1S/C18H25N3O/c1-22-12-11-21-14-17-13-20(10-8-19)9-7-18(17,15-21)16-5-3-2-4-6-16/h2-6,17H,7,9-15H2,1H3/t17-,18-/m1/s1. The van der Waals surface area contributed by atoms with Crippen LogP contribution in [-0.2, 0) is 10.2 Å². The van der Waals surface area contributed by atoms with Crippen LogP contribution >= 0.6 is 0 Å². The normalized spacial score (nSPS) is 29.2. The van der Waals surface area contributed by atoms with E-state index in [2.05, 4.69) is 46.2 Å². The summed E-state index contributed by atoms with van der Waals surface area (Å²) in [5.41, 5.74) is 1.72. The highest BCUT2D eigenvalue weighted by Crippen LogP contribution is 2.45. The van der Waals surface area contributed by atoms with Gasteiger partial charge in [0.15, 0.2) is 0 Å². The average Bonchev–Trinajstić information content (AvgIpc) is 2.93. The molecule has 0 unspecified atom stereocenters. The third-order valence-electron chi connectivity index (χ3n) is 5.37. The van der Waals surface area contributed by atoms with Crippen LogP contribution in [0.15, 0.2) is 30.3 Å². The van der Waals surface area contributed by atoms with E-state index in [-0.39, 0.29) is 5.41 Å². The number of methoxy groups -OCH3 is 1. The Labute approximate surface area is 133 Å². The van der Waals surface area contributed by atoms with E-state index in [9.17, 15) is 0 Å². The van der Waals surface area contributed by atoms with Crippen molar-refractivity contribution in [1.82, 2.24) is 9.80 Å². The number of hydrogen-bond donors (Lipinski definition) is 0. The number of benzene rings is 1. The summed E-state index contributed by atoms with van der Waals surface area (Å²) in [6.45, 7) is 6.63. The molecule has 0 aromatic heterocycles. The molecule has 22 heavy (non-hydrogen) atoms. The van der Waals surface area contributed by atoms with E-state index in [0.717, 1.165) is 45.8 Å². The summed E-state index contributed by atoms with van der Waals surface area (Å²) in [5.74, 6) is 0.605. The number of rotatable bonds is 5. The molecule has 1 aromatic carbocycles. The summed E-state index contributed by atoms with van der Waals surface area (Å²) in [6, 6.07) is 13.3. The molecule has 0 saturated carbocycles. The summed E-state index contributed by atoms with van der Waals surface area (Å²) in [7, 11) is 1.77. The van der Waals surface area contributed by atoms with Crippen molar-refractivity contribution < 1.29 is 4.74 Å². The molecule has 2 aliphatic heterocycles. The number of nitrogens with zero attached hydrogens (tertiary/aromatic N) is 3. The van der Waals surface area contributed by atoms with Crippen LogP contribution in [-0.4, -0.2) is 62.8 Å². The molecular weight excluding hydrogens is 274 g/mol. The first-order chi connectivity index (χ1) is 10.8. The molecule has 2 atom stereocenters. The molecule has 0 N–H and O–H groups in total. The molecule has 0 aliphatic carbocycles. The number of ether oxygens (including phenoxy) is 1. The summed E-state index contributed by atoms with van der Waals surface area (Å²) in [5, 5.41) is 8.99. The van der Waals surface area contributed by atoms with Crippen molar-refractivity contribution in [2.45, 2.75) is 11.8 Å². The van der Waals surface area contributed by atoms with E-state index < -0.39 is 0 Å². The Balaban J connectivity index is 1.82. The van der Waals surface area contributed by atoms with Crippen LogP contribution in [0.2, 0.25) is 0 Å². The zero-order valence-corrected chi connectivity index (χ0v) is 13.4. The number of piperidine rings is 1. The molecule has 2 aliphatic rings. The highest BCUT2D eigenvalue weighted by atomic mass is 16.5. The summed E-state index contributed by atoms with van der Waals surface area (Å²) in [6.07, 6.45) is 1.15. The Bertz CT molecular complexity index is 527. The summed E-state index contributed by atoms with van der Waals surface area (Å²) in [4.78, 5) is 4.85. The van der Waals surface area contributed by atoms with Gasteiger partial charge in [-0.05, 0) is 17.9 Å². The molecule has 4 heteroatoms. The van der Waals surface area contributed by atoms with Crippen molar-refractivity contribution in [3.05, 3.63) is 35.9 Å². The van der Waals surface area contributed by atoms with Gasteiger partial charge < -0.3 is 4.74 Å². The Morgan fingerprint density at radius 3 is 2.77 bits per heavy atom. The first-order valence-corrected chi connectivity index (χ1v) is 8.14. The molecule has 2 saturated heterocycles. The van der Waals surface area contributed by atoms with Crippen LogP contribution in [0.3, 0.4) is 0 Å². The van der Waals surface area contributed by atoms with Gasteiger partial charge in [0.2, 0.25) is 0 Å². The quantitative estimate of drug-likeness (QED) is 0.776. The topological polar surface area (TPSA) is 39.5 Å². The monoisotopic (exact) mass is 299 g/mol. The van der Waals surface area contributed by atoms with E-state index >= 15 is 0 Å². The molecule has 118 valence electrons. The predicted octanol–water partition coefficient (Wildman–Crippen LogP) is 1.73. The lowest BCUT2D eigenvalue weighted by molar-refractivity contribution is 0.135. The molecule has 0 spiro atoms. The predicted molar refractivity (Wildman–Crippen MR) is 86.6 cm³/mol. The Morgan fingerprint density at radius 1 is 1.27 bits per heavy atom. The van der Waals surface area contributed by atoms with Crippen molar-refractivity contribution in [3.63, 3.8) is 0 Å². The lowest BCUT2D eigenvalue weighted by Gasteiger charge is -2.43. The van der Waals surface area contributed by atoms with E-state index in [1.54, 1.807) is 7.11 Å². The molecule has 0 bridgehead atoms. The molecule has 4 nitrogen and oxygen atoms in total. The first-order valence-electron chi connectivity index (χ1n) is 8.14. The van der Waals surface area contributed by atoms with Crippen LogP contribution in [0.4, 0.5) is 0 Å². The van der Waals surface area contributed by atoms with Crippen LogP contribution < -0.4 is 0 Å². The van der Waals surface area contributed by atoms with Crippen molar-refractivity contribution in [3.8, 4) is 6.07 Å². The Morgan fingerprint density at radius 2 is 2.05 bits per heavy atom. The minimum Gasteiger partial charge on any atom is -0.383 e. The van der Waals surface area contributed by atoms with Crippen LogP contribution in [0, 0.1) is 17.2 Å². The highest BCUT2D eigenvalue weighted by Gasteiger charge is 2.49. The van der Waals surface area contributed by atoms with Gasteiger partial charge >= 0.3 is 0 Å². The Hall–Kier alpha value is -1.41. The van der Waals surface area contributed by atoms with Crippen molar-refractivity contribution in [2.24, 2.45) is 5.92 Å². The fourth-order valence-electron chi connectivity index (χ4n) is 4.23. The fourth-order valence-corrected chi connectivity index (χ4v) is 4.23. The van der Waals surface area contributed by atoms with E-state index in [0.29, 0.717) is 12.5 Å². The van der Waals surface area contributed by atoms with Crippen molar-refractivity contribution in [2.75, 3.05) is 53.0 Å². The van der Waals surface area contributed by atoms with Gasteiger partial charge in [-0.1, -0.05) is 30.3 Å². The zero-order chi connectivity index (χ0) is 15.4. The van der Waals surface area contributed by atoms with E-state index in [1.165, 1.54) is 5.56 Å². The maximum atomic E-state index is 8.99. The van der Waals surface area contributed by atoms with Gasteiger partial charge in [0.1, 0.15) is 0 Å². The maximum Gasteiger partial charge on any atom is 0.0866 e. The van der Waals surface area contributed by atoms with Gasteiger partial charge in [-0.3, -0.25) is 9.80 Å². The molecule has 2 heterocycles. The van der Waals surface area contributed by atoms with Crippen LogP contribution in [0.25, 0.3) is 0 Å². The molecule has 0 amide bonds. The van der Waals surface area contributed by atoms with Gasteiger partial charge in [0.25, 0.3) is 0 Å². The smallest absolute Gasteiger partial charge is 0.0866 e. The second-order valence-corrected chi connectivity index (χ2v) is 6.59. The molecule has 1 aromatic rings. The van der Waals surface area contributed by atoms with Crippen LogP contribution in [0.1, 0.15) is 12.0 Å². The lowest BCUT2D eigenvalue weighted by atomic mass is 9.68. The van der Waals surface area contributed by atoms with Crippen molar-refractivity contribution in [1.29, 1.82) is 5.26 Å². The largest absolute Gasteiger partial charge is 0.383 e. The second-order valence-electron chi connectivity index (χ2n) is 6.59. The van der Waals surface area contributed by atoms with Gasteiger partial charge in [0.05, 0.1) is 19.2 Å². The van der Waals surface area contributed by atoms with Crippen molar-refractivity contribution >= 4 is 0 Å². The zero-order valence-electron chi connectivity index (χ0n) is 13.4. The molecule has 2 fully saturated rings. The van der Waals surface area contributed by atoms with Crippen LogP contribution in [0.5, 0.6) is 0 Å².